The van der Waals surface area contributed by atoms with E-state index in [4.69, 9.17) is 23.2 Å². The number of nitrogens with one attached hydrogen (secondary N) is 1. The maximum atomic E-state index is 12.1. The number of benzene rings is 2. The highest BCUT2D eigenvalue weighted by molar-refractivity contribution is 7.99. The zero-order chi connectivity index (χ0) is 18.5. The van der Waals surface area contributed by atoms with Gasteiger partial charge in [-0.15, -0.1) is 10.2 Å². The quantitative estimate of drug-likeness (QED) is 0.620. The highest BCUT2D eigenvalue weighted by atomic mass is 35.5. The Morgan fingerprint density at radius 3 is 2.77 bits per heavy atom. The van der Waals surface area contributed by atoms with Gasteiger partial charge in [0.1, 0.15) is 6.33 Å². The lowest BCUT2D eigenvalue weighted by molar-refractivity contribution is -0.118. The van der Waals surface area contributed by atoms with Crippen molar-refractivity contribution in [3.05, 3.63) is 70.0 Å². The van der Waals surface area contributed by atoms with Crippen molar-refractivity contribution in [1.29, 1.82) is 0 Å². The minimum absolute atomic E-state index is 0.105. The van der Waals surface area contributed by atoms with Gasteiger partial charge in [-0.1, -0.05) is 59.2 Å². The van der Waals surface area contributed by atoms with Gasteiger partial charge in [-0.2, -0.15) is 0 Å². The fourth-order valence-corrected chi connectivity index (χ4v) is 3.38. The molecule has 1 N–H and O–H groups in total. The summed E-state index contributed by atoms with van der Waals surface area (Å²) in [6, 6.07) is 13.1. The minimum Gasteiger partial charge on any atom is -0.351 e. The highest BCUT2D eigenvalue weighted by Gasteiger charge is 2.11. The summed E-state index contributed by atoms with van der Waals surface area (Å²) in [7, 11) is 0. The molecule has 1 aromatic heterocycles. The van der Waals surface area contributed by atoms with Gasteiger partial charge in [0, 0.05) is 16.6 Å². The van der Waals surface area contributed by atoms with Gasteiger partial charge in [0.25, 0.3) is 0 Å². The number of aryl methyl sites for hydroxylation is 1. The molecule has 3 rings (SSSR count). The van der Waals surface area contributed by atoms with Gasteiger partial charge in [0.05, 0.1) is 11.4 Å². The number of carbonyl (C=O) groups excluding carboxylic acids is 1. The first kappa shape index (κ1) is 18.8. The van der Waals surface area contributed by atoms with Crippen LogP contribution in [0, 0.1) is 6.92 Å². The average molecular weight is 407 g/mol. The molecule has 0 fully saturated rings. The van der Waals surface area contributed by atoms with Crippen molar-refractivity contribution in [2.75, 3.05) is 5.75 Å². The Morgan fingerprint density at radius 2 is 2.00 bits per heavy atom. The van der Waals surface area contributed by atoms with E-state index in [1.807, 2.05) is 43.3 Å². The maximum Gasteiger partial charge on any atom is 0.230 e. The number of thioether (sulfide) groups is 1. The third-order valence-corrected chi connectivity index (χ3v) is 5.44. The predicted octanol–water partition coefficient (Wildman–Crippen LogP) is 4.29. The van der Waals surface area contributed by atoms with E-state index in [2.05, 4.69) is 15.5 Å². The van der Waals surface area contributed by atoms with E-state index >= 15 is 0 Å². The minimum atomic E-state index is -0.105. The molecule has 0 saturated heterocycles. The van der Waals surface area contributed by atoms with Crippen LogP contribution in [0.5, 0.6) is 0 Å². The van der Waals surface area contributed by atoms with E-state index in [1.54, 1.807) is 17.0 Å². The van der Waals surface area contributed by atoms with Crippen LogP contribution in [0.2, 0.25) is 10.0 Å². The molecule has 26 heavy (non-hydrogen) atoms. The van der Waals surface area contributed by atoms with Gasteiger partial charge in [-0.05, 0) is 36.2 Å². The molecule has 0 aliphatic rings. The molecule has 0 spiro atoms. The van der Waals surface area contributed by atoms with Crippen molar-refractivity contribution in [3.63, 3.8) is 0 Å². The third-order valence-electron chi connectivity index (χ3n) is 3.72. The highest BCUT2D eigenvalue weighted by Crippen LogP contribution is 2.23. The molecule has 0 radical (unpaired) electrons. The Hall–Kier alpha value is -2.02. The molecule has 0 atom stereocenters. The summed E-state index contributed by atoms with van der Waals surface area (Å²) in [5, 5.41) is 12.8. The summed E-state index contributed by atoms with van der Waals surface area (Å²) >= 11 is 13.6. The Labute approximate surface area is 165 Å². The fraction of sp³-hybridized carbons (Fsp3) is 0.167. The lowest BCUT2D eigenvalue weighted by Gasteiger charge is -2.09. The molecule has 0 aliphatic heterocycles. The van der Waals surface area contributed by atoms with E-state index in [0.29, 0.717) is 21.7 Å². The third kappa shape index (κ3) is 4.58. The molecule has 3 aromatic rings. The smallest absolute Gasteiger partial charge is 0.230 e. The van der Waals surface area contributed by atoms with Crippen molar-refractivity contribution in [3.8, 4) is 5.69 Å². The molecule has 0 unspecified atom stereocenters. The molecule has 1 heterocycles. The van der Waals surface area contributed by atoms with Gasteiger partial charge >= 0.3 is 0 Å². The standard InChI is InChI=1S/C18H16Cl2N4OS/c1-12-6-7-14(8-16(12)20)24-11-22-23-18(24)26-10-17(25)21-9-13-4-2-3-5-15(13)19/h2-8,11H,9-10H2,1H3,(H,21,25). The van der Waals surface area contributed by atoms with E-state index in [-0.39, 0.29) is 11.7 Å². The topological polar surface area (TPSA) is 59.8 Å². The van der Waals surface area contributed by atoms with Crippen molar-refractivity contribution in [1.82, 2.24) is 20.1 Å². The molecule has 2 aromatic carbocycles. The summed E-state index contributed by atoms with van der Waals surface area (Å²) in [6.07, 6.45) is 1.60. The molecular formula is C18H16Cl2N4OS. The van der Waals surface area contributed by atoms with Crippen LogP contribution in [0.15, 0.2) is 53.9 Å². The summed E-state index contributed by atoms with van der Waals surface area (Å²) in [4.78, 5) is 12.1. The number of hydrogen-bond donors (Lipinski definition) is 1. The first-order valence-electron chi connectivity index (χ1n) is 7.84. The number of aromatic nitrogens is 3. The second-order valence-electron chi connectivity index (χ2n) is 5.57. The first-order chi connectivity index (χ1) is 12.5. The van der Waals surface area contributed by atoms with Crippen molar-refractivity contribution in [2.45, 2.75) is 18.6 Å². The molecule has 8 heteroatoms. The van der Waals surface area contributed by atoms with Crippen molar-refractivity contribution < 1.29 is 4.79 Å². The zero-order valence-electron chi connectivity index (χ0n) is 13.9. The number of hydrogen-bond acceptors (Lipinski definition) is 4. The van der Waals surface area contributed by atoms with Crippen LogP contribution in [0.3, 0.4) is 0 Å². The van der Waals surface area contributed by atoms with E-state index in [0.717, 1.165) is 16.8 Å². The summed E-state index contributed by atoms with van der Waals surface area (Å²) in [6.45, 7) is 2.33. The summed E-state index contributed by atoms with van der Waals surface area (Å²) < 4.78 is 1.80. The first-order valence-corrected chi connectivity index (χ1v) is 9.58. The second kappa shape index (κ2) is 8.58. The Kier molecular flexibility index (Phi) is 6.19. The van der Waals surface area contributed by atoms with Gasteiger partial charge < -0.3 is 5.32 Å². The number of carbonyl (C=O) groups is 1. The number of rotatable bonds is 6. The Bertz CT molecular complexity index is 929. The molecular weight excluding hydrogens is 391 g/mol. The van der Waals surface area contributed by atoms with Crippen LogP contribution >= 0.6 is 35.0 Å². The monoisotopic (exact) mass is 406 g/mol. The van der Waals surface area contributed by atoms with Crippen molar-refractivity contribution >= 4 is 40.9 Å². The van der Waals surface area contributed by atoms with Crippen molar-refractivity contribution in [2.24, 2.45) is 0 Å². The summed E-state index contributed by atoms with van der Waals surface area (Å²) in [5.41, 5.74) is 2.73. The van der Waals surface area contributed by atoms with Crippen LogP contribution in [0.1, 0.15) is 11.1 Å². The maximum absolute atomic E-state index is 12.1. The van der Waals surface area contributed by atoms with Gasteiger partial charge in [0.2, 0.25) is 5.91 Å². The summed E-state index contributed by atoms with van der Waals surface area (Å²) in [5.74, 6) is 0.120. The number of amides is 1. The molecule has 134 valence electrons. The predicted molar refractivity (Wildman–Crippen MR) is 105 cm³/mol. The Morgan fingerprint density at radius 1 is 1.19 bits per heavy atom. The van der Waals surface area contributed by atoms with Gasteiger partial charge in [-0.25, -0.2) is 0 Å². The fourth-order valence-electron chi connectivity index (χ4n) is 2.25. The second-order valence-corrected chi connectivity index (χ2v) is 7.33. The van der Waals surface area contributed by atoms with Gasteiger partial charge in [-0.3, -0.25) is 9.36 Å². The largest absolute Gasteiger partial charge is 0.351 e. The van der Waals surface area contributed by atoms with Crippen LogP contribution in [0.25, 0.3) is 5.69 Å². The molecule has 0 aliphatic carbocycles. The lowest BCUT2D eigenvalue weighted by atomic mass is 10.2. The molecule has 0 bridgehead atoms. The zero-order valence-corrected chi connectivity index (χ0v) is 16.3. The van der Waals surface area contributed by atoms with E-state index in [1.165, 1.54) is 11.8 Å². The van der Waals surface area contributed by atoms with Crippen LogP contribution in [0.4, 0.5) is 0 Å². The SMILES string of the molecule is Cc1ccc(-n2cnnc2SCC(=O)NCc2ccccc2Cl)cc1Cl. The number of halogens is 2. The normalized spacial score (nSPS) is 10.7. The Balaban J connectivity index is 1.60. The lowest BCUT2D eigenvalue weighted by Crippen LogP contribution is -2.24. The molecule has 0 saturated carbocycles. The van der Waals surface area contributed by atoms with Crippen LogP contribution in [-0.2, 0) is 11.3 Å². The number of nitrogens with zero attached hydrogens (tertiary/aromatic N) is 3. The van der Waals surface area contributed by atoms with Crippen LogP contribution < -0.4 is 5.32 Å². The molecule has 5 nitrogen and oxygen atoms in total. The van der Waals surface area contributed by atoms with Gasteiger partial charge in [0.15, 0.2) is 5.16 Å². The average Bonchev–Trinajstić information content (AvgIpc) is 3.10. The van der Waals surface area contributed by atoms with E-state index < -0.39 is 0 Å². The van der Waals surface area contributed by atoms with E-state index in [9.17, 15) is 4.79 Å². The molecule has 1 amide bonds. The van der Waals surface area contributed by atoms with Crippen LogP contribution in [-0.4, -0.2) is 26.4 Å².